The monoisotopic (exact) mass is 672 g/mol. The first-order valence-corrected chi connectivity index (χ1v) is 18.1. The first-order chi connectivity index (χ1) is 23.0. The molecule has 12 heteroatoms. The molecule has 1 saturated heterocycles. The molecule has 4 aromatic rings. The smallest absolute Gasteiger partial charge is 0.416 e. The van der Waals surface area contributed by atoms with E-state index in [0.717, 1.165) is 35.8 Å². The Hall–Kier alpha value is -4.71. The molecule has 1 saturated carbocycles. The Bertz CT molecular complexity index is 1950. The van der Waals surface area contributed by atoms with Crippen LogP contribution in [0.5, 0.6) is 0 Å². The van der Waals surface area contributed by atoms with Gasteiger partial charge in [0, 0.05) is 25.1 Å². The topological polar surface area (TPSA) is 139 Å². The van der Waals surface area contributed by atoms with Crippen molar-refractivity contribution >= 4 is 44.8 Å². The van der Waals surface area contributed by atoms with Gasteiger partial charge in [0.05, 0.1) is 23.2 Å². The number of rotatable bonds is 12. The number of furan rings is 1. The van der Waals surface area contributed by atoms with Crippen LogP contribution in [-0.2, 0) is 26.0 Å². The van der Waals surface area contributed by atoms with Gasteiger partial charge >= 0.3 is 6.09 Å². The summed E-state index contributed by atoms with van der Waals surface area (Å²) in [5.41, 5.74) is 4.01. The summed E-state index contributed by atoms with van der Waals surface area (Å²) in [6.07, 6.45) is 3.39. The molecule has 0 unspecified atom stereocenters. The van der Waals surface area contributed by atoms with E-state index in [-0.39, 0.29) is 42.4 Å². The van der Waals surface area contributed by atoms with Gasteiger partial charge in [0.15, 0.2) is 0 Å². The van der Waals surface area contributed by atoms with Crippen molar-refractivity contribution in [3.05, 3.63) is 82.9 Å². The largest absolute Gasteiger partial charge is 0.447 e. The number of aromatic nitrogens is 1. The summed E-state index contributed by atoms with van der Waals surface area (Å²) in [4.78, 5) is 45.2. The summed E-state index contributed by atoms with van der Waals surface area (Å²) in [5, 5.41) is 3.22. The predicted octanol–water partition coefficient (Wildman–Crippen LogP) is 5.81. The second kappa shape index (κ2) is 13.4. The van der Waals surface area contributed by atoms with Crippen LogP contribution in [0.1, 0.15) is 65.6 Å². The van der Waals surface area contributed by atoms with E-state index in [1.807, 2.05) is 67.6 Å². The molecule has 252 valence electrons. The number of hydrogen-bond acceptors (Lipinski definition) is 8. The Labute approximate surface area is 280 Å². The van der Waals surface area contributed by atoms with Gasteiger partial charge in [-0.25, -0.2) is 18.1 Å². The average molecular weight is 673 g/mol. The summed E-state index contributed by atoms with van der Waals surface area (Å²) in [5.74, 6) is -0.494. The van der Waals surface area contributed by atoms with E-state index in [9.17, 15) is 22.8 Å². The average Bonchev–Trinajstić information content (AvgIpc) is 3.76. The number of aryl methyl sites for hydroxylation is 1. The minimum absolute atomic E-state index is 0.0698. The van der Waals surface area contributed by atoms with E-state index in [1.54, 1.807) is 14.0 Å². The molecule has 2 aliphatic rings. The second-order valence-electron chi connectivity index (χ2n) is 12.8. The molecule has 1 N–H and O–H groups in total. The highest BCUT2D eigenvalue weighted by Crippen LogP contribution is 2.47. The Morgan fingerprint density at radius 2 is 1.81 bits per heavy atom. The van der Waals surface area contributed by atoms with Crippen molar-refractivity contribution in [1.82, 2.24) is 15.2 Å². The number of fused-ring (bicyclic) bond motifs is 1. The number of amides is 3. The third kappa shape index (κ3) is 6.80. The fourth-order valence-electron chi connectivity index (χ4n) is 6.28. The Kier molecular flexibility index (Phi) is 9.28. The predicted molar refractivity (Wildman–Crippen MR) is 182 cm³/mol. The van der Waals surface area contributed by atoms with Crippen molar-refractivity contribution in [3.63, 3.8) is 0 Å². The van der Waals surface area contributed by atoms with Gasteiger partial charge in [0.1, 0.15) is 18.2 Å². The standard InChI is InChI=1S/C36H40N4O7S/c1-22-12-14-26(15-13-22)31-30(33(41)37-3)29-20-28(25-16-17-25)32(38-34(29)47-31)39(48(4,44)45)18-8-9-23(2)35(42)40-27(21-46-36(40)43)19-24-10-6-5-7-11-24/h5-7,10-15,20,23,25,27H,8-9,16-19,21H2,1-4H3,(H,37,41)/t23-,27-/m0/s1. The maximum absolute atomic E-state index is 13.5. The molecular formula is C36H40N4O7S. The van der Waals surface area contributed by atoms with Gasteiger partial charge in [-0.15, -0.1) is 0 Å². The molecule has 11 nitrogen and oxygen atoms in total. The van der Waals surface area contributed by atoms with Crippen LogP contribution in [0.15, 0.2) is 65.1 Å². The number of hydrogen-bond donors (Lipinski definition) is 1. The van der Waals surface area contributed by atoms with Crippen LogP contribution in [0.3, 0.4) is 0 Å². The third-order valence-electron chi connectivity index (χ3n) is 9.05. The molecule has 48 heavy (non-hydrogen) atoms. The molecule has 0 bridgehead atoms. The van der Waals surface area contributed by atoms with Crippen LogP contribution in [-0.4, -0.2) is 68.7 Å². The van der Waals surface area contributed by atoms with Crippen LogP contribution >= 0.6 is 0 Å². The zero-order valence-electron chi connectivity index (χ0n) is 27.6. The summed E-state index contributed by atoms with van der Waals surface area (Å²) in [6, 6.07) is 18.7. The Balaban J connectivity index is 1.26. The van der Waals surface area contributed by atoms with Crippen molar-refractivity contribution in [2.75, 3.05) is 30.8 Å². The molecule has 2 atom stereocenters. The van der Waals surface area contributed by atoms with Crippen molar-refractivity contribution in [2.24, 2.45) is 5.92 Å². The normalized spacial score (nSPS) is 17.0. The van der Waals surface area contributed by atoms with E-state index < -0.39 is 28.1 Å². The summed E-state index contributed by atoms with van der Waals surface area (Å²) < 4.78 is 39.3. The number of anilines is 1. The molecule has 2 aromatic heterocycles. The van der Waals surface area contributed by atoms with Gasteiger partial charge in [-0.1, -0.05) is 67.1 Å². The van der Waals surface area contributed by atoms with Gasteiger partial charge in [0.2, 0.25) is 21.6 Å². The van der Waals surface area contributed by atoms with E-state index in [4.69, 9.17) is 14.1 Å². The molecule has 2 fully saturated rings. The van der Waals surface area contributed by atoms with Crippen LogP contribution < -0.4 is 9.62 Å². The molecule has 1 aliphatic heterocycles. The lowest BCUT2D eigenvalue weighted by atomic mass is 10.0. The van der Waals surface area contributed by atoms with Crippen molar-refractivity contribution in [3.8, 4) is 11.3 Å². The number of imide groups is 1. The maximum atomic E-state index is 13.5. The molecule has 1 aliphatic carbocycles. The number of nitrogens with zero attached hydrogens (tertiary/aromatic N) is 3. The highest BCUT2D eigenvalue weighted by Gasteiger charge is 2.40. The quantitative estimate of drug-likeness (QED) is 0.199. The third-order valence-corrected chi connectivity index (χ3v) is 10.2. The number of sulfonamides is 1. The van der Waals surface area contributed by atoms with E-state index in [2.05, 4.69) is 5.32 Å². The van der Waals surface area contributed by atoms with Gasteiger partial charge in [0.25, 0.3) is 5.91 Å². The number of carbonyl (C=O) groups excluding carboxylic acids is 3. The minimum atomic E-state index is -3.80. The molecule has 6 rings (SSSR count). The fourth-order valence-corrected chi connectivity index (χ4v) is 7.20. The van der Waals surface area contributed by atoms with Crippen LogP contribution in [0.2, 0.25) is 0 Å². The highest BCUT2D eigenvalue weighted by atomic mass is 32.2. The molecule has 0 spiro atoms. The zero-order valence-corrected chi connectivity index (χ0v) is 28.4. The maximum Gasteiger partial charge on any atom is 0.416 e. The number of carbonyl (C=O) groups is 3. The van der Waals surface area contributed by atoms with Gasteiger partial charge in [-0.3, -0.25) is 13.9 Å². The molecule has 2 aromatic carbocycles. The highest BCUT2D eigenvalue weighted by molar-refractivity contribution is 7.92. The van der Waals surface area contributed by atoms with Crippen LogP contribution in [0.25, 0.3) is 22.4 Å². The first-order valence-electron chi connectivity index (χ1n) is 16.2. The number of ether oxygens (including phenoxy) is 1. The van der Waals surface area contributed by atoms with Gasteiger partial charge < -0.3 is 14.5 Å². The van der Waals surface area contributed by atoms with Crippen molar-refractivity contribution < 1.29 is 32.0 Å². The summed E-state index contributed by atoms with van der Waals surface area (Å²) >= 11 is 0. The molecule has 3 amide bonds. The Morgan fingerprint density at radius 1 is 1.10 bits per heavy atom. The van der Waals surface area contributed by atoms with E-state index in [0.29, 0.717) is 41.5 Å². The van der Waals surface area contributed by atoms with Crippen LogP contribution in [0, 0.1) is 12.8 Å². The fraction of sp³-hybridized carbons (Fsp3) is 0.389. The van der Waals surface area contributed by atoms with E-state index >= 15 is 0 Å². The van der Waals surface area contributed by atoms with Gasteiger partial charge in [-0.2, -0.15) is 4.98 Å². The number of pyridine rings is 1. The molecule has 3 heterocycles. The lowest BCUT2D eigenvalue weighted by Gasteiger charge is -2.25. The lowest BCUT2D eigenvalue weighted by Crippen LogP contribution is -2.43. The summed E-state index contributed by atoms with van der Waals surface area (Å²) in [7, 11) is -2.25. The van der Waals surface area contributed by atoms with Crippen LogP contribution in [0.4, 0.5) is 10.6 Å². The van der Waals surface area contributed by atoms with Crippen molar-refractivity contribution in [1.29, 1.82) is 0 Å². The first kappa shape index (κ1) is 33.2. The van der Waals surface area contributed by atoms with Gasteiger partial charge in [-0.05, 0) is 62.1 Å². The number of benzene rings is 2. The minimum Gasteiger partial charge on any atom is -0.447 e. The second-order valence-corrected chi connectivity index (χ2v) is 14.7. The molecule has 0 radical (unpaired) electrons. The number of nitrogens with one attached hydrogen (secondary N) is 1. The zero-order chi connectivity index (χ0) is 34.2. The lowest BCUT2D eigenvalue weighted by molar-refractivity contribution is -0.133. The van der Waals surface area contributed by atoms with Crippen molar-refractivity contribution in [2.45, 2.75) is 57.9 Å². The SMILES string of the molecule is CNC(=O)c1c(-c2ccc(C)cc2)oc2nc(N(CCC[C@H](C)C(=O)N3C(=O)OC[C@@H]3Cc3ccccc3)S(C)(=O)=O)c(C3CC3)cc12. The van der Waals surface area contributed by atoms with E-state index in [1.165, 1.54) is 9.21 Å². The Morgan fingerprint density at radius 3 is 2.46 bits per heavy atom. The summed E-state index contributed by atoms with van der Waals surface area (Å²) in [6.45, 7) is 3.91. The molecular weight excluding hydrogens is 632 g/mol. The number of cyclic esters (lactones) is 1.